The van der Waals surface area contributed by atoms with Crippen molar-refractivity contribution < 1.29 is 19.1 Å². The zero-order valence-corrected chi connectivity index (χ0v) is 13.6. The molecule has 1 rings (SSSR count). The first kappa shape index (κ1) is 17.8. The van der Waals surface area contributed by atoms with Gasteiger partial charge in [-0.25, -0.2) is 4.79 Å². The molecule has 0 aromatic heterocycles. The maximum atomic E-state index is 11.9. The van der Waals surface area contributed by atoms with Crippen molar-refractivity contribution in [3.8, 4) is 11.5 Å². The van der Waals surface area contributed by atoms with Crippen LogP contribution < -0.4 is 20.1 Å². The summed E-state index contributed by atoms with van der Waals surface area (Å²) in [6, 6.07) is 4.61. The van der Waals surface area contributed by atoms with E-state index in [2.05, 4.69) is 10.6 Å². The van der Waals surface area contributed by atoms with Crippen LogP contribution >= 0.6 is 0 Å². The van der Waals surface area contributed by atoms with Gasteiger partial charge >= 0.3 is 6.03 Å². The highest BCUT2D eigenvalue weighted by molar-refractivity contribution is 5.96. The summed E-state index contributed by atoms with van der Waals surface area (Å²) >= 11 is 0. The fourth-order valence-electron chi connectivity index (χ4n) is 1.88. The van der Waals surface area contributed by atoms with Crippen LogP contribution in [0.15, 0.2) is 18.2 Å². The summed E-state index contributed by atoms with van der Waals surface area (Å²) in [5, 5.41) is 4.61. The Morgan fingerprint density at radius 2 is 1.86 bits per heavy atom. The van der Waals surface area contributed by atoms with Crippen molar-refractivity contribution in [2.45, 2.75) is 19.5 Å². The van der Waals surface area contributed by atoms with Crippen LogP contribution in [0.2, 0.25) is 0 Å². The van der Waals surface area contributed by atoms with Gasteiger partial charge in [0.25, 0.3) is 0 Å². The second-order valence-electron chi connectivity index (χ2n) is 4.85. The lowest BCUT2D eigenvalue weighted by atomic mass is 10.1. The zero-order chi connectivity index (χ0) is 16.7. The Labute approximate surface area is 130 Å². The van der Waals surface area contributed by atoms with Gasteiger partial charge in [-0.3, -0.25) is 15.0 Å². The SMILES string of the molecule is CNC(=O)NC(=O)[C@@H](C)N(C)Cc1ccc(OC)c(OC)c1. The highest BCUT2D eigenvalue weighted by atomic mass is 16.5. The first-order valence-corrected chi connectivity index (χ1v) is 6.86. The lowest BCUT2D eigenvalue weighted by Gasteiger charge is -2.23. The molecule has 0 fully saturated rings. The van der Waals surface area contributed by atoms with E-state index in [4.69, 9.17) is 9.47 Å². The quantitative estimate of drug-likeness (QED) is 0.819. The minimum Gasteiger partial charge on any atom is -0.493 e. The number of ether oxygens (including phenoxy) is 2. The minimum absolute atomic E-state index is 0.359. The Balaban J connectivity index is 2.73. The Morgan fingerprint density at radius 1 is 1.23 bits per heavy atom. The number of imide groups is 1. The molecule has 0 heterocycles. The van der Waals surface area contributed by atoms with Crippen molar-refractivity contribution in [1.29, 1.82) is 0 Å². The highest BCUT2D eigenvalue weighted by Gasteiger charge is 2.20. The van der Waals surface area contributed by atoms with Gasteiger partial charge in [-0.1, -0.05) is 6.07 Å². The predicted molar refractivity (Wildman–Crippen MR) is 83.1 cm³/mol. The van der Waals surface area contributed by atoms with Gasteiger partial charge in [-0.15, -0.1) is 0 Å². The molecule has 2 N–H and O–H groups in total. The summed E-state index contributed by atoms with van der Waals surface area (Å²) in [5.41, 5.74) is 0.972. The van der Waals surface area contributed by atoms with Crippen molar-refractivity contribution in [2.75, 3.05) is 28.3 Å². The van der Waals surface area contributed by atoms with Crippen molar-refractivity contribution in [1.82, 2.24) is 15.5 Å². The summed E-state index contributed by atoms with van der Waals surface area (Å²) in [5.74, 6) is 0.928. The monoisotopic (exact) mass is 309 g/mol. The molecule has 0 saturated carbocycles. The lowest BCUT2D eigenvalue weighted by Crippen LogP contribution is -2.47. The van der Waals surface area contributed by atoms with Crippen LogP contribution in [0.4, 0.5) is 4.79 Å². The topological polar surface area (TPSA) is 79.9 Å². The molecule has 1 aromatic carbocycles. The number of carbonyl (C=O) groups is 2. The summed E-state index contributed by atoms with van der Waals surface area (Å²) in [6.45, 7) is 2.27. The lowest BCUT2D eigenvalue weighted by molar-refractivity contribution is -0.124. The van der Waals surface area contributed by atoms with E-state index >= 15 is 0 Å². The number of rotatable bonds is 6. The molecule has 0 aliphatic heterocycles. The number of likely N-dealkylation sites (N-methyl/N-ethyl adjacent to an activating group) is 1. The molecule has 22 heavy (non-hydrogen) atoms. The molecule has 0 aliphatic rings. The molecule has 0 saturated heterocycles. The number of benzene rings is 1. The second kappa shape index (κ2) is 8.23. The molecule has 1 aromatic rings. The molecule has 0 unspecified atom stereocenters. The number of hydrogen-bond acceptors (Lipinski definition) is 5. The van der Waals surface area contributed by atoms with Crippen LogP contribution in [0, 0.1) is 0 Å². The van der Waals surface area contributed by atoms with Gasteiger partial charge in [0.1, 0.15) is 0 Å². The molecule has 0 radical (unpaired) electrons. The van der Waals surface area contributed by atoms with Gasteiger partial charge in [0.15, 0.2) is 11.5 Å². The fraction of sp³-hybridized carbons (Fsp3) is 0.467. The Bertz CT molecular complexity index is 534. The van der Waals surface area contributed by atoms with E-state index < -0.39 is 12.1 Å². The third-order valence-electron chi connectivity index (χ3n) is 3.38. The normalized spacial score (nSPS) is 11.7. The van der Waals surface area contributed by atoms with Gasteiger partial charge in [-0.05, 0) is 31.7 Å². The number of urea groups is 1. The number of nitrogens with zero attached hydrogens (tertiary/aromatic N) is 1. The fourth-order valence-corrected chi connectivity index (χ4v) is 1.88. The van der Waals surface area contributed by atoms with Crippen LogP contribution in [0.1, 0.15) is 12.5 Å². The maximum absolute atomic E-state index is 11.9. The minimum atomic E-state index is -0.517. The number of nitrogens with one attached hydrogen (secondary N) is 2. The summed E-state index contributed by atoms with van der Waals surface area (Å²) in [4.78, 5) is 24.9. The van der Waals surface area contributed by atoms with Crippen molar-refractivity contribution in [2.24, 2.45) is 0 Å². The first-order chi connectivity index (χ1) is 10.4. The van der Waals surface area contributed by atoms with E-state index in [0.717, 1.165) is 5.56 Å². The van der Waals surface area contributed by atoms with Gasteiger partial charge in [-0.2, -0.15) is 0 Å². The van der Waals surface area contributed by atoms with Crippen LogP contribution in [-0.2, 0) is 11.3 Å². The van der Waals surface area contributed by atoms with Crippen LogP contribution in [0.3, 0.4) is 0 Å². The molecular weight excluding hydrogens is 286 g/mol. The summed E-state index contributed by atoms with van der Waals surface area (Å²) < 4.78 is 10.4. The maximum Gasteiger partial charge on any atom is 0.321 e. The van der Waals surface area contributed by atoms with E-state index in [1.807, 2.05) is 30.1 Å². The smallest absolute Gasteiger partial charge is 0.321 e. The molecule has 0 aliphatic carbocycles. The first-order valence-electron chi connectivity index (χ1n) is 6.86. The molecule has 1 atom stereocenters. The van der Waals surface area contributed by atoms with E-state index in [-0.39, 0.29) is 5.91 Å². The molecule has 7 nitrogen and oxygen atoms in total. The van der Waals surface area contributed by atoms with E-state index in [1.165, 1.54) is 7.05 Å². The van der Waals surface area contributed by atoms with Crippen molar-refractivity contribution in [3.63, 3.8) is 0 Å². The van der Waals surface area contributed by atoms with E-state index in [9.17, 15) is 9.59 Å². The number of hydrogen-bond donors (Lipinski definition) is 2. The molecular formula is C15H23N3O4. The van der Waals surface area contributed by atoms with Gasteiger partial charge < -0.3 is 14.8 Å². The summed E-state index contributed by atoms with van der Waals surface area (Å²) in [6.07, 6.45) is 0. The largest absolute Gasteiger partial charge is 0.493 e. The Hall–Kier alpha value is -2.28. The van der Waals surface area contributed by atoms with Crippen LogP contribution in [-0.4, -0.2) is 51.2 Å². The van der Waals surface area contributed by atoms with Crippen molar-refractivity contribution >= 4 is 11.9 Å². The Morgan fingerprint density at radius 3 is 2.41 bits per heavy atom. The van der Waals surface area contributed by atoms with Gasteiger partial charge in [0, 0.05) is 13.6 Å². The number of methoxy groups -OCH3 is 2. The average Bonchev–Trinajstić information content (AvgIpc) is 2.53. The predicted octanol–water partition coefficient (Wildman–Crippen LogP) is 0.980. The van der Waals surface area contributed by atoms with E-state index in [0.29, 0.717) is 18.0 Å². The number of carbonyl (C=O) groups excluding carboxylic acids is 2. The molecule has 7 heteroatoms. The number of amides is 3. The van der Waals surface area contributed by atoms with Gasteiger partial charge in [0.2, 0.25) is 5.91 Å². The average molecular weight is 309 g/mol. The highest BCUT2D eigenvalue weighted by Crippen LogP contribution is 2.28. The van der Waals surface area contributed by atoms with Crippen LogP contribution in [0.5, 0.6) is 11.5 Å². The molecule has 122 valence electrons. The van der Waals surface area contributed by atoms with E-state index in [1.54, 1.807) is 21.1 Å². The second-order valence-corrected chi connectivity index (χ2v) is 4.85. The standard InChI is InChI=1S/C15H23N3O4/c1-10(14(19)17-15(20)16-2)18(3)9-11-6-7-12(21-4)13(8-11)22-5/h6-8,10H,9H2,1-5H3,(H2,16,17,19,20)/t10-/m1/s1. The zero-order valence-electron chi connectivity index (χ0n) is 13.6. The summed E-state index contributed by atoms with van der Waals surface area (Å²) in [7, 11) is 6.42. The third kappa shape index (κ3) is 4.63. The van der Waals surface area contributed by atoms with Crippen molar-refractivity contribution in [3.05, 3.63) is 23.8 Å². The van der Waals surface area contributed by atoms with Crippen LogP contribution in [0.25, 0.3) is 0 Å². The molecule has 3 amide bonds. The Kier molecular flexibility index (Phi) is 6.65. The van der Waals surface area contributed by atoms with Gasteiger partial charge in [0.05, 0.1) is 20.3 Å². The third-order valence-corrected chi connectivity index (χ3v) is 3.38. The molecule has 0 bridgehead atoms. The molecule has 0 spiro atoms.